The van der Waals surface area contributed by atoms with Gasteiger partial charge in [-0.15, -0.1) is 0 Å². The molecule has 0 saturated carbocycles. The molecule has 0 saturated heterocycles. The molecule has 2 heterocycles. The quantitative estimate of drug-likeness (QED) is 0.660. The van der Waals surface area contributed by atoms with E-state index in [9.17, 15) is 14.9 Å². The highest BCUT2D eigenvalue weighted by molar-refractivity contribution is 8.03. The molecule has 0 radical (unpaired) electrons. The number of nitriles is 1. The number of halogens is 2. The predicted octanol–water partition coefficient (Wildman–Crippen LogP) is 4.35. The van der Waals surface area contributed by atoms with Gasteiger partial charge in [0.1, 0.15) is 10.8 Å². The molecule has 0 fully saturated rings. The van der Waals surface area contributed by atoms with Crippen LogP contribution in [0.3, 0.4) is 0 Å². The van der Waals surface area contributed by atoms with Gasteiger partial charge in [-0.05, 0) is 37.3 Å². The number of hydrogen-bond donors (Lipinski definition) is 2. The zero-order chi connectivity index (χ0) is 21.8. The first-order chi connectivity index (χ1) is 14.3. The summed E-state index contributed by atoms with van der Waals surface area (Å²) in [6.45, 7) is 1.66. The van der Waals surface area contributed by atoms with Crippen molar-refractivity contribution in [2.45, 2.75) is 12.8 Å². The Balaban J connectivity index is 1.82. The molecule has 1 aliphatic rings. The number of furan rings is 1. The molecule has 1 aromatic carbocycles. The summed E-state index contributed by atoms with van der Waals surface area (Å²) in [5.41, 5.74) is 6.74. The average molecular weight is 463 g/mol. The molecular weight excluding hydrogens is 447 g/mol. The minimum atomic E-state index is -0.805. The highest BCUT2D eigenvalue weighted by Gasteiger charge is 2.40. The fraction of sp³-hybridized carbons (Fsp3) is 0.200. The first-order valence-corrected chi connectivity index (χ1v) is 10.5. The number of anilines is 1. The predicted molar refractivity (Wildman–Crippen MR) is 117 cm³/mol. The Hall–Kier alpha value is -2.73. The third-order valence-electron chi connectivity index (χ3n) is 4.42. The number of carbonyl (C=O) groups excluding carboxylic acids is 2. The Labute approximate surface area is 186 Å². The van der Waals surface area contributed by atoms with Gasteiger partial charge in [-0.1, -0.05) is 35.0 Å². The molecule has 3 N–H and O–H groups in total. The molecule has 1 unspecified atom stereocenters. The van der Waals surface area contributed by atoms with Crippen molar-refractivity contribution < 1.29 is 14.0 Å². The summed E-state index contributed by atoms with van der Waals surface area (Å²) in [6.07, 6.45) is 1.46. The van der Waals surface area contributed by atoms with Gasteiger partial charge in [-0.2, -0.15) is 5.26 Å². The monoisotopic (exact) mass is 462 g/mol. The van der Waals surface area contributed by atoms with Crippen LogP contribution in [-0.2, 0) is 9.59 Å². The number of carbonyl (C=O) groups is 2. The summed E-state index contributed by atoms with van der Waals surface area (Å²) in [6, 6.07) is 10.2. The first kappa shape index (κ1) is 22.0. The van der Waals surface area contributed by atoms with Gasteiger partial charge in [0.2, 0.25) is 11.8 Å². The van der Waals surface area contributed by atoms with Crippen LogP contribution in [0.2, 0.25) is 10.0 Å². The van der Waals surface area contributed by atoms with Crippen molar-refractivity contribution in [3.8, 4) is 6.07 Å². The van der Waals surface area contributed by atoms with Crippen LogP contribution in [0.25, 0.3) is 0 Å². The van der Waals surface area contributed by atoms with Gasteiger partial charge >= 0.3 is 0 Å². The minimum Gasteiger partial charge on any atom is -0.469 e. The first-order valence-electron chi connectivity index (χ1n) is 8.71. The van der Waals surface area contributed by atoms with Crippen LogP contribution in [-0.4, -0.2) is 23.3 Å². The number of aliphatic imine (C=N–C) groups is 1. The standard InChI is InChI=1S/C20H16Cl2N4O3S/c1-10-17(19(24)28)18(15-3-2-6-29-15)12(8-23)20(25-10)30-9-16(27)26-11-4-5-13(21)14(22)7-11/h2-7,17-18H,9H2,1H3,(H2,24,28)(H,26,27)/t17?,18-/m0/s1. The van der Waals surface area contributed by atoms with Crippen molar-refractivity contribution in [2.24, 2.45) is 16.6 Å². The van der Waals surface area contributed by atoms with Gasteiger partial charge in [0.15, 0.2) is 0 Å². The van der Waals surface area contributed by atoms with E-state index in [4.69, 9.17) is 33.4 Å². The molecule has 7 nitrogen and oxygen atoms in total. The molecule has 0 bridgehead atoms. The van der Waals surface area contributed by atoms with Crippen molar-refractivity contribution in [1.82, 2.24) is 0 Å². The minimum absolute atomic E-state index is 0.0103. The van der Waals surface area contributed by atoms with Crippen molar-refractivity contribution in [1.29, 1.82) is 5.26 Å². The SMILES string of the molecule is CC1=NC(SCC(=O)Nc2ccc(Cl)c(Cl)c2)=C(C#N)[C@@H](c2ccco2)C1C(N)=O. The summed E-state index contributed by atoms with van der Waals surface area (Å²) in [5, 5.41) is 13.5. The van der Waals surface area contributed by atoms with Crippen molar-refractivity contribution in [3.05, 3.63) is 63.0 Å². The Morgan fingerprint density at radius 1 is 1.33 bits per heavy atom. The van der Waals surface area contributed by atoms with Crippen molar-refractivity contribution >= 4 is 58.2 Å². The third kappa shape index (κ3) is 4.70. The highest BCUT2D eigenvalue weighted by Crippen LogP contribution is 2.41. The molecule has 0 spiro atoms. The van der Waals surface area contributed by atoms with Crippen LogP contribution in [0.4, 0.5) is 5.69 Å². The zero-order valence-electron chi connectivity index (χ0n) is 15.7. The molecule has 2 atom stereocenters. The number of nitrogens with zero attached hydrogens (tertiary/aromatic N) is 2. The number of nitrogens with one attached hydrogen (secondary N) is 1. The van der Waals surface area contributed by atoms with E-state index < -0.39 is 17.7 Å². The number of nitrogens with two attached hydrogens (primary N) is 1. The van der Waals surface area contributed by atoms with E-state index in [2.05, 4.69) is 16.4 Å². The molecule has 1 aromatic heterocycles. The van der Waals surface area contributed by atoms with Gasteiger partial charge in [0.05, 0.1) is 45.5 Å². The van der Waals surface area contributed by atoms with Gasteiger partial charge in [0, 0.05) is 11.4 Å². The Kier molecular flexibility index (Phi) is 6.87. The fourth-order valence-corrected chi connectivity index (χ4v) is 4.28. The number of benzene rings is 1. The summed E-state index contributed by atoms with van der Waals surface area (Å²) in [4.78, 5) is 28.8. The summed E-state index contributed by atoms with van der Waals surface area (Å²) in [5.74, 6) is -2.00. The van der Waals surface area contributed by atoms with E-state index in [1.54, 1.807) is 37.3 Å². The Bertz CT molecular complexity index is 1090. The molecule has 3 rings (SSSR count). The number of thioether (sulfide) groups is 1. The third-order valence-corrected chi connectivity index (χ3v) is 6.15. The maximum atomic E-state index is 12.4. The van der Waals surface area contributed by atoms with Crippen LogP contribution < -0.4 is 11.1 Å². The second kappa shape index (κ2) is 9.39. The van der Waals surface area contributed by atoms with Gasteiger partial charge in [-0.3, -0.25) is 9.59 Å². The van der Waals surface area contributed by atoms with E-state index in [-0.39, 0.29) is 17.2 Å². The molecular formula is C20H16Cl2N4O3S. The van der Waals surface area contributed by atoms with E-state index >= 15 is 0 Å². The van der Waals surface area contributed by atoms with Crippen molar-refractivity contribution in [2.75, 3.05) is 11.1 Å². The summed E-state index contributed by atoms with van der Waals surface area (Å²) >= 11 is 12.9. The lowest BCUT2D eigenvalue weighted by Gasteiger charge is -2.27. The second-order valence-corrected chi connectivity index (χ2v) is 8.20. The highest BCUT2D eigenvalue weighted by atomic mass is 35.5. The van der Waals surface area contributed by atoms with E-state index in [1.165, 1.54) is 6.26 Å². The van der Waals surface area contributed by atoms with Gasteiger partial charge in [0.25, 0.3) is 0 Å². The molecule has 1 aliphatic heterocycles. The summed E-state index contributed by atoms with van der Waals surface area (Å²) < 4.78 is 5.45. The van der Waals surface area contributed by atoms with E-state index in [0.717, 1.165) is 11.8 Å². The molecule has 30 heavy (non-hydrogen) atoms. The molecule has 0 aliphatic carbocycles. The van der Waals surface area contributed by atoms with Crippen molar-refractivity contribution in [3.63, 3.8) is 0 Å². The number of rotatable bonds is 6. The van der Waals surface area contributed by atoms with Crippen LogP contribution in [0.1, 0.15) is 18.6 Å². The summed E-state index contributed by atoms with van der Waals surface area (Å²) in [7, 11) is 0. The lowest BCUT2D eigenvalue weighted by Crippen LogP contribution is -2.37. The normalized spacial score (nSPS) is 18.5. The van der Waals surface area contributed by atoms with E-state index in [1.807, 2.05) is 0 Å². The maximum Gasteiger partial charge on any atom is 0.234 e. The topological polar surface area (TPSA) is 121 Å². The lowest BCUT2D eigenvalue weighted by molar-refractivity contribution is -0.120. The number of amides is 2. The second-order valence-electron chi connectivity index (χ2n) is 6.42. The van der Waals surface area contributed by atoms with Crippen LogP contribution in [0.15, 0.2) is 56.6 Å². The Morgan fingerprint density at radius 3 is 2.70 bits per heavy atom. The largest absolute Gasteiger partial charge is 0.469 e. The van der Waals surface area contributed by atoms with Crippen LogP contribution >= 0.6 is 35.0 Å². The van der Waals surface area contributed by atoms with Crippen LogP contribution in [0, 0.1) is 17.2 Å². The average Bonchev–Trinajstić information content (AvgIpc) is 3.22. The molecule has 154 valence electrons. The zero-order valence-corrected chi connectivity index (χ0v) is 18.0. The molecule has 2 amide bonds. The molecule has 10 heteroatoms. The Morgan fingerprint density at radius 2 is 2.10 bits per heavy atom. The van der Waals surface area contributed by atoms with Gasteiger partial charge < -0.3 is 15.5 Å². The van der Waals surface area contributed by atoms with Gasteiger partial charge in [-0.25, -0.2) is 4.99 Å². The maximum absolute atomic E-state index is 12.4. The van der Waals surface area contributed by atoms with Crippen LogP contribution in [0.5, 0.6) is 0 Å². The lowest BCUT2D eigenvalue weighted by atomic mass is 9.80. The smallest absolute Gasteiger partial charge is 0.234 e. The number of hydrogen-bond acceptors (Lipinski definition) is 6. The van der Waals surface area contributed by atoms with E-state index in [0.29, 0.717) is 32.2 Å². The number of allylic oxidation sites excluding steroid dienone is 1. The number of primary amides is 1. The fourth-order valence-electron chi connectivity index (χ4n) is 3.11. The molecule has 2 aromatic rings.